The number of benzene rings is 1. The highest BCUT2D eigenvalue weighted by atomic mass is 19.1. The van der Waals surface area contributed by atoms with Crippen LogP contribution >= 0.6 is 0 Å². The van der Waals surface area contributed by atoms with E-state index in [0.717, 1.165) is 0 Å². The van der Waals surface area contributed by atoms with Gasteiger partial charge in [0.25, 0.3) is 0 Å². The first-order chi connectivity index (χ1) is 7.15. The first-order valence-corrected chi connectivity index (χ1v) is 4.39. The van der Waals surface area contributed by atoms with E-state index in [1.165, 1.54) is 12.1 Å². The van der Waals surface area contributed by atoms with Gasteiger partial charge in [0, 0.05) is 5.56 Å². The zero-order chi connectivity index (χ0) is 10.8. The van der Waals surface area contributed by atoms with Gasteiger partial charge in [-0.05, 0) is 31.2 Å². The fourth-order valence-corrected chi connectivity index (χ4v) is 1.23. The molecule has 0 saturated carbocycles. The predicted octanol–water partition coefficient (Wildman–Crippen LogP) is 1.57. The van der Waals surface area contributed by atoms with Gasteiger partial charge in [0.1, 0.15) is 11.6 Å². The minimum atomic E-state index is -0.294. The molecule has 0 saturated heterocycles. The van der Waals surface area contributed by atoms with Gasteiger partial charge in [-0.3, -0.25) is 0 Å². The topological polar surface area (TPSA) is 64.7 Å². The van der Waals surface area contributed by atoms with Crippen molar-refractivity contribution in [3.63, 3.8) is 0 Å². The zero-order valence-corrected chi connectivity index (χ0v) is 8.11. The second kappa shape index (κ2) is 3.61. The fraction of sp³-hybridized carbons (Fsp3) is 0.100. The molecule has 76 valence electrons. The lowest BCUT2D eigenvalue weighted by atomic mass is 10.2. The molecule has 2 rings (SSSR count). The molecule has 1 aromatic heterocycles. The quantitative estimate of drug-likeness (QED) is 0.765. The van der Waals surface area contributed by atoms with Crippen LogP contribution in [0.1, 0.15) is 5.82 Å². The summed E-state index contributed by atoms with van der Waals surface area (Å²) in [6.07, 6.45) is 0. The van der Waals surface area contributed by atoms with Gasteiger partial charge in [0.2, 0.25) is 5.95 Å². The molecule has 0 fully saturated rings. The molecule has 0 atom stereocenters. The Hall–Kier alpha value is -2.04. The summed E-state index contributed by atoms with van der Waals surface area (Å²) in [5.74, 6) is 0.876. The van der Waals surface area contributed by atoms with Crippen molar-refractivity contribution < 1.29 is 4.39 Å². The summed E-state index contributed by atoms with van der Waals surface area (Å²) in [4.78, 5) is 11.9. The zero-order valence-electron chi connectivity index (χ0n) is 8.11. The second-order valence-electron chi connectivity index (χ2n) is 3.07. The van der Waals surface area contributed by atoms with Gasteiger partial charge >= 0.3 is 0 Å². The summed E-state index contributed by atoms with van der Waals surface area (Å²) in [5, 5.41) is 0. The average molecular weight is 204 g/mol. The Labute approximate surface area is 86.0 Å². The van der Waals surface area contributed by atoms with Gasteiger partial charge in [0.15, 0.2) is 5.82 Å². The molecule has 2 aromatic rings. The maximum Gasteiger partial charge on any atom is 0.223 e. The van der Waals surface area contributed by atoms with Crippen LogP contribution in [0.5, 0.6) is 0 Å². The molecular formula is C10H9FN4. The van der Waals surface area contributed by atoms with Crippen LogP contribution < -0.4 is 5.73 Å². The van der Waals surface area contributed by atoms with E-state index in [1.54, 1.807) is 19.1 Å². The highest BCUT2D eigenvalue weighted by molar-refractivity contribution is 5.55. The van der Waals surface area contributed by atoms with Crippen LogP contribution in [-0.4, -0.2) is 15.0 Å². The molecule has 0 aliphatic rings. The molecule has 4 nitrogen and oxygen atoms in total. The van der Waals surface area contributed by atoms with Crippen molar-refractivity contribution in [2.75, 3.05) is 5.73 Å². The number of anilines is 1. The molecule has 0 unspecified atom stereocenters. The molecule has 0 aliphatic heterocycles. The Bertz CT molecular complexity index is 461. The average Bonchev–Trinajstić information content (AvgIpc) is 2.17. The van der Waals surface area contributed by atoms with Crippen molar-refractivity contribution in [2.45, 2.75) is 6.92 Å². The Morgan fingerprint density at radius 1 is 1.07 bits per heavy atom. The predicted molar refractivity (Wildman–Crippen MR) is 54.4 cm³/mol. The SMILES string of the molecule is Cc1nc(N)nc(-c2ccc(F)cc2)n1. The lowest BCUT2D eigenvalue weighted by Gasteiger charge is -2.01. The third-order valence-electron chi connectivity index (χ3n) is 1.87. The van der Waals surface area contributed by atoms with Crippen LogP contribution in [0.4, 0.5) is 10.3 Å². The van der Waals surface area contributed by atoms with E-state index in [2.05, 4.69) is 15.0 Å². The number of halogens is 1. The highest BCUT2D eigenvalue weighted by Crippen LogP contribution is 2.15. The van der Waals surface area contributed by atoms with Gasteiger partial charge in [-0.15, -0.1) is 0 Å². The van der Waals surface area contributed by atoms with E-state index in [4.69, 9.17) is 5.73 Å². The standard InChI is InChI=1S/C10H9FN4/c1-6-13-9(15-10(12)14-6)7-2-4-8(11)5-3-7/h2-5H,1H3,(H2,12,13,14,15). The van der Waals surface area contributed by atoms with Crippen LogP contribution in [0.2, 0.25) is 0 Å². The van der Waals surface area contributed by atoms with Crippen molar-refractivity contribution in [1.82, 2.24) is 15.0 Å². The summed E-state index contributed by atoms with van der Waals surface area (Å²) >= 11 is 0. The number of hydrogen-bond donors (Lipinski definition) is 1. The van der Waals surface area contributed by atoms with Gasteiger partial charge in [-0.1, -0.05) is 0 Å². The number of hydrogen-bond acceptors (Lipinski definition) is 4. The van der Waals surface area contributed by atoms with E-state index in [9.17, 15) is 4.39 Å². The Morgan fingerprint density at radius 2 is 1.73 bits per heavy atom. The maximum atomic E-state index is 12.7. The smallest absolute Gasteiger partial charge is 0.223 e. The molecule has 1 heterocycles. The Morgan fingerprint density at radius 3 is 2.33 bits per heavy atom. The Kier molecular flexibility index (Phi) is 2.29. The molecule has 15 heavy (non-hydrogen) atoms. The third kappa shape index (κ3) is 2.07. The molecule has 1 aromatic carbocycles. The Balaban J connectivity index is 2.49. The van der Waals surface area contributed by atoms with Gasteiger partial charge in [0.05, 0.1) is 0 Å². The third-order valence-corrected chi connectivity index (χ3v) is 1.87. The number of nitrogens with two attached hydrogens (primary N) is 1. The highest BCUT2D eigenvalue weighted by Gasteiger charge is 2.04. The monoisotopic (exact) mass is 204 g/mol. The van der Waals surface area contributed by atoms with Crippen molar-refractivity contribution >= 4 is 5.95 Å². The summed E-state index contributed by atoms with van der Waals surface area (Å²) in [5.41, 5.74) is 6.21. The van der Waals surface area contributed by atoms with Crippen molar-refractivity contribution in [3.05, 3.63) is 35.9 Å². The van der Waals surface area contributed by atoms with E-state index in [1.807, 2.05) is 0 Å². The fourth-order valence-electron chi connectivity index (χ4n) is 1.23. The second-order valence-corrected chi connectivity index (χ2v) is 3.07. The van der Waals surface area contributed by atoms with E-state index in [-0.39, 0.29) is 11.8 Å². The summed E-state index contributed by atoms with van der Waals surface area (Å²) in [7, 11) is 0. The van der Waals surface area contributed by atoms with Crippen molar-refractivity contribution in [1.29, 1.82) is 0 Å². The van der Waals surface area contributed by atoms with Crippen molar-refractivity contribution in [2.24, 2.45) is 0 Å². The van der Waals surface area contributed by atoms with Gasteiger partial charge in [-0.25, -0.2) is 9.37 Å². The number of rotatable bonds is 1. The van der Waals surface area contributed by atoms with E-state index >= 15 is 0 Å². The molecule has 5 heteroatoms. The molecule has 0 bridgehead atoms. The number of nitrogen functional groups attached to an aromatic ring is 1. The van der Waals surface area contributed by atoms with Crippen molar-refractivity contribution in [3.8, 4) is 11.4 Å². The first-order valence-electron chi connectivity index (χ1n) is 4.39. The maximum absolute atomic E-state index is 12.7. The lowest BCUT2D eigenvalue weighted by molar-refractivity contribution is 0.628. The molecule has 0 aliphatic carbocycles. The van der Waals surface area contributed by atoms with Crippen LogP contribution in [-0.2, 0) is 0 Å². The number of nitrogens with zero attached hydrogens (tertiary/aromatic N) is 3. The minimum absolute atomic E-state index is 0.168. The lowest BCUT2D eigenvalue weighted by Crippen LogP contribution is -2.01. The summed E-state index contributed by atoms with van der Waals surface area (Å²) in [6.45, 7) is 1.73. The summed E-state index contributed by atoms with van der Waals surface area (Å²) < 4.78 is 12.7. The van der Waals surface area contributed by atoms with Crippen LogP contribution in [0.15, 0.2) is 24.3 Å². The van der Waals surface area contributed by atoms with E-state index < -0.39 is 0 Å². The normalized spacial score (nSPS) is 10.3. The van der Waals surface area contributed by atoms with E-state index in [0.29, 0.717) is 17.2 Å². The number of aromatic nitrogens is 3. The van der Waals surface area contributed by atoms with Crippen LogP contribution in [0, 0.1) is 12.7 Å². The number of aryl methyl sites for hydroxylation is 1. The summed E-state index contributed by atoms with van der Waals surface area (Å²) in [6, 6.07) is 5.91. The molecule has 2 N–H and O–H groups in total. The first kappa shape index (κ1) is 9.51. The molecule has 0 spiro atoms. The minimum Gasteiger partial charge on any atom is -0.368 e. The molecule has 0 amide bonds. The van der Waals surface area contributed by atoms with Gasteiger partial charge < -0.3 is 5.73 Å². The van der Waals surface area contributed by atoms with Crippen LogP contribution in [0.25, 0.3) is 11.4 Å². The van der Waals surface area contributed by atoms with Gasteiger partial charge in [-0.2, -0.15) is 9.97 Å². The largest absolute Gasteiger partial charge is 0.368 e. The molecular weight excluding hydrogens is 195 g/mol. The molecule has 0 radical (unpaired) electrons. The van der Waals surface area contributed by atoms with Crippen LogP contribution in [0.3, 0.4) is 0 Å².